The lowest BCUT2D eigenvalue weighted by Crippen LogP contribution is -2.07. The Morgan fingerprint density at radius 1 is 1.29 bits per heavy atom. The van der Waals surface area contributed by atoms with Crippen LogP contribution >= 0.6 is 27.7 Å². The van der Waals surface area contributed by atoms with Crippen molar-refractivity contribution >= 4 is 39.3 Å². The Balaban J connectivity index is 2.02. The Morgan fingerprint density at radius 2 is 1.95 bits per heavy atom. The summed E-state index contributed by atoms with van der Waals surface area (Å²) >= 11 is 5.06. The zero-order chi connectivity index (χ0) is 15.4. The molecule has 110 valence electrons. The summed E-state index contributed by atoms with van der Waals surface area (Å²) in [5, 5.41) is 8.99. The maximum atomic E-state index is 10.9. The summed E-state index contributed by atoms with van der Waals surface area (Å²) in [7, 11) is 0. The molecule has 0 amide bonds. The van der Waals surface area contributed by atoms with Gasteiger partial charge in [-0.3, -0.25) is 4.79 Å². The molecular formula is C16H16BrNO2S. The minimum absolute atomic E-state index is 0.478. The molecule has 3 nitrogen and oxygen atoms in total. The predicted molar refractivity (Wildman–Crippen MR) is 90.6 cm³/mol. The van der Waals surface area contributed by atoms with E-state index in [1.165, 1.54) is 0 Å². The number of aliphatic carboxylic acids is 1. The van der Waals surface area contributed by atoms with Crippen LogP contribution in [0.1, 0.15) is 24.0 Å². The molecule has 5 heteroatoms. The Hall–Kier alpha value is -1.46. The maximum Gasteiger partial charge on any atom is 0.310 e. The molecule has 0 fully saturated rings. The Bertz CT molecular complexity index is 643. The van der Waals surface area contributed by atoms with Crippen molar-refractivity contribution < 1.29 is 9.90 Å². The van der Waals surface area contributed by atoms with E-state index in [0.717, 1.165) is 31.9 Å². The molecule has 3 N–H and O–H groups in total. The highest BCUT2D eigenvalue weighted by molar-refractivity contribution is 9.10. The van der Waals surface area contributed by atoms with Gasteiger partial charge in [0.1, 0.15) is 0 Å². The molecule has 0 aliphatic carbocycles. The van der Waals surface area contributed by atoms with Crippen LogP contribution in [0.2, 0.25) is 0 Å². The van der Waals surface area contributed by atoms with Crippen LogP contribution in [-0.4, -0.2) is 11.1 Å². The van der Waals surface area contributed by atoms with Crippen LogP contribution in [-0.2, 0) is 10.5 Å². The fraction of sp³-hybridized carbons (Fsp3) is 0.188. The molecule has 2 rings (SSSR count). The predicted octanol–water partition coefficient (Wildman–Crippen LogP) is 4.51. The molecule has 21 heavy (non-hydrogen) atoms. The molecule has 1 atom stereocenters. The molecule has 0 saturated heterocycles. The van der Waals surface area contributed by atoms with Crippen molar-refractivity contribution in [3.05, 3.63) is 58.1 Å². The number of carboxylic acids is 1. The summed E-state index contributed by atoms with van der Waals surface area (Å²) in [6.45, 7) is 1.69. The Morgan fingerprint density at radius 3 is 2.52 bits per heavy atom. The molecule has 2 aromatic carbocycles. The lowest BCUT2D eigenvalue weighted by molar-refractivity contribution is -0.138. The van der Waals surface area contributed by atoms with E-state index in [1.54, 1.807) is 18.7 Å². The van der Waals surface area contributed by atoms with Crippen molar-refractivity contribution in [3.8, 4) is 0 Å². The summed E-state index contributed by atoms with van der Waals surface area (Å²) in [4.78, 5) is 12.0. The first-order chi connectivity index (χ1) is 9.97. The minimum atomic E-state index is -0.806. The maximum absolute atomic E-state index is 10.9. The van der Waals surface area contributed by atoms with Crippen molar-refractivity contribution in [1.29, 1.82) is 0 Å². The minimum Gasteiger partial charge on any atom is -0.481 e. The number of rotatable bonds is 5. The zero-order valence-electron chi connectivity index (χ0n) is 11.5. The van der Waals surface area contributed by atoms with Crippen LogP contribution in [0.15, 0.2) is 51.8 Å². The lowest BCUT2D eigenvalue weighted by Gasteiger charge is -2.09. The third-order valence-electron chi connectivity index (χ3n) is 3.22. The number of hydrogen-bond donors (Lipinski definition) is 2. The second kappa shape index (κ2) is 7.00. The van der Waals surface area contributed by atoms with Gasteiger partial charge in [-0.25, -0.2) is 0 Å². The third kappa shape index (κ3) is 4.25. The van der Waals surface area contributed by atoms with E-state index in [9.17, 15) is 4.79 Å². The number of anilines is 1. The molecule has 0 saturated carbocycles. The number of benzene rings is 2. The van der Waals surface area contributed by atoms with E-state index >= 15 is 0 Å². The molecule has 0 aliphatic rings. The number of halogens is 1. The van der Waals surface area contributed by atoms with Gasteiger partial charge in [-0.2, -0.15) is 0 Å². The molecule has 0 radical (unpaired) electrons. The second-order valence-corrected chi connectivity index (χ2v) is 6.71. The summed E-state index contributed by atoms with van der Waals surface area (Å²) < 4.78 is 0.969. The molecular weight excluding hydrogens is 350 g/mol. The molecule has 1 unspecified atom stereocenters. The van der Waals surface area contributed by atoms with Gasteiger partial charge in [0.15, 0.2) is 0 Å². The molecule has 0 aromatic heterocycles. The van der Waals surface area contributed by atoms with Crippen molar-refractivity contribution in [3.63, 3.8) is 0 Å². The smallest absolute Gasteiger partial charge is 0.310 e. The SMILES string of the molecule is CC(C(=O)O)c1ccc(CSc2ccc(Br)cc2N)cc1. The average molecular weight is 366 g/mol. The first-order valence-electron chi connectivity index (χ1n) is 6.47. The Labute approximate surface area is 136 Å². The number of carboxylic acid groups (broad SMARTS) is 1. The van der Waals surface area contributed by atoms with Gasteiger partial charge < -0.3 is 10.8 Å². The van der Waals surface area contributed by atoms with E-state index in [1.807, 2.05) is 42.5 Å². The number of hydrogen-bond acceptors (Lipinski definition) is 3. The summed E-state index contributed by atoms with van der Waals surface area (Å²) in [6, 6.07) is 13.5. The van der Waals surface area contributed by atoms with Gasteiger partial charge >= 0.3 is 5.97 Å². The molecule has 0 heterocycles. The number of nitrogens with two attached hydrogens (primary N) is 1. The van der Waals surface area contributed by atoms with Crippen LogP contribution in [0.25, 0.3) is 0 Å². The Kier molecular flexibility index (Phi) is 5.31. The highest BCUT2D eigenvalue weighted by Gasteiger charge is 2.13. The van der Waals surface area contributed by atoms with E-state index in [4.69, 9.17) is 10.8 Å². The van der Waals surface area contributed by atoms with Crippen molar-refractivity contribution in [2.45, 2.75) is 23.5 Å². The molecule has 0 aliphatic heterocycles. The average Bonchev–Trinajstić information content (AvgIpc) is 2.46. The van der Waals surface area contributed by atoms with Crippen LogP contribution < -0.4 is 5.73 Å². The van der Waals surface area contributed by atoms with Gasteiger partial charge in [-0.1, -0.05) is 40.2 Å². The normalized spacial score (nSPS) is 12.1. The fourth-order valence-electron chi connectivity index (χ4n) is 1.86. The summed E-state index contributed by atoms with van der Waals surface area (Å²) in [6.07, 6.45) is 0. The number of nitrogen functional groups attached to an aromatic ring is 1. The largest absolute Gasteiger partial charge is 0.481 e. The topological polar surface area (TPSA) is 63.3 Å². The molecule has 0 bridgehead atoms. The van der Waals surface area contributed by atoms with Gasteiger partial charge in [0.05, 0.1) is 5.92 Å². The zero-order valence-corrected chi connectivity index (χ0v) is 13.9. The van der Waals surface area contributed by atoms with Crippen molar-refractivity contribution in [2.75, 3.05) is 5.73 Å². The quantitative estimate of drug-likeness (QED) is 0.604. The second-order valence-electron chi connectivity index (χ2n) is 4.77. The van der Waals surface area contributed by atoms with Crippen LogP contribution in [0.4, 0.5) is 5.69 Å². The van der Waals surface area contributed by atoms with E-state index < -0.39 is 11.9 Å². The lowest BCUT2D eigenvalue weighted by atomic mass is 10.0. The van der Waals surface area contributed by atoms with E-state index in [2.05, 4.69) is 15.9 Å². The van der Waals surface area contributed by atoms with Crippen LogP contribution in [0, 0.1) is 0 Å². The van der Waals surface area contributed by atoms with Gasteiger partial charge in [0.2, 0.25) is 0 Å². The van der Waals surface area contributed by atoms with Crippen molar-refractivity contribution in [1.82, 2.24) is 0 Å². The first-order valence-corrected chi connectivity index (χ1v) is 8.24. The van der Waals surface area contributed by atoms with E-state index in [0.29, 0.717) is 0 Å². The highest BCUT2D eigenvalue weighted by atomic mass is 79.9. The third-order valence-corrected chi connectivity index (χ3v) is 4.87. The number of thioether (sulfide) groups is 1. The fourth-order valence-corrected chi connectivity index (χ4v) is 3.14. The molecule has 2 aromatic rings. The standard InChI is InChI=1S/C16H16BrNO2S/c1-10(16(19)20)12-4-2-11(3-5-12)9-21-15-7-6-13(17)8-14(15)18/h2-8,10H,9,18H2,1H3,(H,19,20). The highest BCUT2D eigenvalue weighted by Crippen LogP contribution is 2.30. The van der Waals surface area contributed by atoms with Gasteiger partial charge in [-0.15, -0.1) is 11.8 Å². The van der Waals surface area contributed by atoms with Gasteiger partial charge in [-0.05, 0) is 36.2 Å². The summed E-state index contributed by atoms with van der Waals surface area (Å²) in [5.41, 5.74) is 8.68. The van der Waals surface area contributed by atoms with Crippen LogP contribution in [0.5, 0.6) is 0 Å². The van der Waals surface area contributed by atoms with Gasteiger partial charge in [0, 0.05) is 20.8 Å². The van der Waals surface area contributed by atoms with Crippen molar-refractivity contribution in [2.24, 2.45) is 0 Å². The molecule has 0 spiro atoms. The van der Waals surface area contributed by atoms with Crippen LogP contribution in [0.3, 0.4) is 0 Å². The summed E-state index contributed by atoms with van der Waals surface area (Å²) in [5.74, 6) is -0.485. The van der Waals surface area contributed by atoms with E-state index in [-0.39, 0.29) is 0 Å². The first kappa shape index (κ1) is 15.9. The number of carbonyl (C=O) groups is 1. The monoisotopic (exact) mass is 365 g/mol. The van der Waals surface area contributed by atoms with Gasteiger partial charge in [0.25, 0.3) is 0 Å².